The summed E-state index contributed by atoms with van der Waals surface area (Å²) in [7, 11) is 0. The van der Waals surface area contributed by atoms with Crippen LogP contribution in [0.15, 0.2) is 12.2 Å². The Morgan fingerprint density at radius 1 is 0.642 bits per heavy atom. The molecule has 0 aromatic carbocycles. The molecule has 7 aliphatic rings. The van der Waals surface area contributed by atoms with Crippen molar-refractivity contribution < 1.29 is 94.8 Å². The van der Waals surface area contributed by atoms with Crippen LogP contribution in [0.2, 0.25) is 0 Å². The van der Waals surface area contributed by atoms with Crippen molar-refractivity contribution >= 4 is 0 Å². The van der Waals surface area contributed by atoms with E-state index in [1.54, 1.807) is 26.0 Å². The van der Waals surface area contributed by atoms with Gasteiger partial charge in [0.05, 0.1) is 48.8 Å². The van der Waals surface area contributed by atoms with Gasteiger partial charge in [-0.3, -0.25) is 0 Å². The molecule has 7 rings (SSSR count). The van der Waals surface area contributed by atoms with Gasteiger partial charge in [0.15, 0.2) is 18.9 Å². The van der Waals surface area contributed by atoms with E-state index >= 15 is 0 Å². The highest BCUT2D eigenvalue weighted by atomic mass is 16.7. The van der Waals surface area contributed by atoms with E-state index < -0.39 is 151 Å². The number of ether oxygens (including phenoxy) is 6. The van der Waals surface area contributed by atoms with Gasteiger partial charge in [0.2, 0.25) is 0 Å². The highest BCUT2D eigenvalue weighted by Gasteiger charge is 2.73. The predicted molar refractivity (Wildman–Crippen MR) is 235 cm³/mol. The smallest absolute Gasteiger partial charge is 0.187 e. The summed E-state index contributed by atoms with van der Waals surface area (Å²) in [6, 6.07) is 0. The minimum Gasteiger partial charge on any atom is -0.394 e. The average Bonchev–Trinajstić information content (AvgIpc) is 3.63. The van der Waals surface area contributed by atoms with Crippen LogP contribution in [0.3, 0.4) is 0 Å². The molecule has 0 aromatic rings. The third-order valence-corrected chi connectivity index (χ3v) is 18.5. The molecule has 7 fully saturated rings. The first kappa shape index (κ1) is 53.8. The lowest BCUT2D eigenvalue weighted by molar-refractivity contribution is -0.349. The van der Waals surface area contributed by atoms with Gasteiger partial charge in [0, 0.05) is 0 Å². The molecule has 0 aromatic heterocycles. The van der Waals surface area contributed by atoms with Crippen LogP contribution in [0.1, 0.15) is 107 Å². The second-order valence-corrected chi connectivity index (χ2v) is 23.5. The summed E-state index contributed by atoms with van der Waals surface area (Å²) in [5.41, 5.74) is -4.44. The van der Waals surface area contributed by atoms with Gasteiger partial charge in [-0.05, 0) is 118 Å². The lowest BCUT2D eigenvalue weighted by Crippen LogP contribution is -2.69. The fraction of sp³-hybridized carbons (Fsp3) is 0.958. The number of hydrogen-bond donors (Lipinski definition) is 13. The van der Waals surface area contributed by atoms with Crippen LogP contribution in [-0.2, 0) is 28.4 Å². The topological polar surface area (TPSA) is 318 Å². The maximum absolute atomic E-state index is 12.7. The Morgan fingerprint density at radius 3 is 1.84 bits per heavy atom. The first-order chi connectivity index (χ1) is 31.0. The van der Waals surface area contributed by atoms with E-state index in [2.05, 4.69) is 20.8 Å². The van der Waals surface area contributed by atoms with Crippen molar-refractivity contribution in [1.82, 2.24) is 0 Å². The highest BCUT2D eigenvalue weighted by molar-refractivity contribution is 5.21. The molecule has 0 radical (unpaired) electrons. The molecular weight excluding hydrogens is 881 g/mol. The van der Waals surface area contributed by atoms with Crippen molar-refractivity contribution in [2.75, 3.05) is 13.2 Å². The van der Waals surface area contributed by atoms with Crippen LogP contribution in [0.5, 0.6) is 0 Å². The van der Waals surface area contributed by atoms with Gasteiger partial charge >= 0.3 is 0 Å². The minimum atomic E-state index is -1.76. The lowest BCUT2D eigenvalue weighted by Gasteiger charge is -2.71. The summed E-state index contributed by atoms with van der Waals surface area (Å²) in [5, 5.41) is 142. The first-order valence-corrected chi connectivity index (χ1v) is 24.4. The van der Waals surface area contributed by atoms with Gasteiger partial charge in [-0.1, -0.05) is 46.8 Å². The molecule has 19 heteroatoms. The quantitative estimate of drug-likeness (QED) is 0.0819. The Balaban J connectivity index is 1.14. The average molecular weight is 963 g/mol. The van der Waals surface area contributed by atoms with Gasteiger partial charge in [-0.15, -0.1) is 0 Å². The Labute approximate surface area is 393 Å². The number of aliphatic hydroxyl groups excluding tert-OH is 12. The second kappa shape index (κ2) is 19.1. The van der Waals surface area contributed by atoms with Crippen LogP contribution in [0, 0.1) is 45.3 Å². The van der Waals surface area contributed by atoms with Crippen molar-refractivity contribution in [3.05, 3.63) is 12.2 Å². The van der Waals surface area contributed by atoms with Crippen molar-refractivity contribution in [1.29, 1.82) is 0 Å². The van der Waals surface area contributed by atoms with E-state index in [1.807, 2.05) is 20.8 Å². The maximum atomic E-state index is 12.7. The fourth-order valence-corrected chi connectivity index (χ4v) is 14.8. The van der Waals surface area contributed by atoms with Crippen molar-refractivity contribution in [3.63, 3.8) is 0 Å². The predicted octanol–water partition coefficient (Wildman–Crippen LogP) is -1.06. The molecule has 3 aliphatic heterocycles. The second-order valence-electron chi connectivity index (χ2n) is 23.5. The number of fused-ring (bicyclic) bond motifs is 5. The summed E-state index contributed by atoms with van der Waals surface area (Å²) in [6.07, 6.45) is -17.8. The van der Waals surface area contributed by atoms with Crippen molar-refractivity contribution in [2.24, 2.45) is 45.3 Å². The lowest BCUT2D eigenvalue weighted by atomic mass is 9.35. The third kappa shape index (κ3) is 9.24. The molecule has 388 valence electrons. The molecule has 0 amide bonds. The summed E-state index contributed by atoms with van der Waals surface area (Å²) < 4.78 is 36.4. The fourth-order valence-electron chi connectivity index (χ4n) is 14.8. The maximum Gasteiger partial charge on any atom is 0.187 e. The Morgan fingerprint density at radius 2 is 1.21 bits per heavy atom. The molecule has 4 aliphatic carbocycles. The molecular formula is C48H82O19. The SMILES string of the molecule is C[C@@H]1O[C@@H](OC[C@H]2O[C@@H](O[C@@](C)(CC=CC(C)(C)O)[C@H]3CC[C@]4(C)[C@@H]3[C@H](O)C[C@@H]3[C@@]5(C)C[C@@H](O)[C@H](O[C@@H]6O[C@H](CO)[C@@H](O)[C@H](O)[C@H]6O)C(C)(C)[C@@H]5CC[C@]34C)[C@H](O)[C@@H](O)[C@@H]2O)[C@H](O)[C@H](O)[C@H]1O. The van der Waals surface area contributed by atoms with Crippen molar-refractivity contribution in [3.8, 4) is 0 Å². The zero-order valence-corrected chi connectivity index (χ0v) is 40.5. The van der Waals surface area contributed by atoms with E-state index in [0.29, 0.717) is 25.7 Å². The Bertz CT molecular complexity index is 1730. The molecule has 3 heterocycles. The number of hydrogen-bond acceptors (Lipinski definition) is 19. The molecule has 13 N–H and O–H groups in total. The van der Waals surface area contributed by atoms with Crippen LogP contribution in [-0.4, -0.2) is 201 Å². The molecule has 4 saturated carbocycles. The monoisotopic (exact) mass is 963 g/mol. The zero-order chi connectivity index (χ0) is 49.7. The van der Waals surface area contributed by atoms with Crippen LogP contribution >= 0.6 is 0 Å². The first-order valence-electron chi connectivity index (χ1n) is 24.4. The summed E-state index contributed by atoms with van der Waals surface area (Å²) in [6.45, 7) is 16.3. The minimum absolute atomic E-state index is 0.0295. The summed E-state index contributed by atoms with van der Waals surface area (Å²) >= 11 is 0. The van der Waals surface area contributed by atoms with Gasteiger partial charge in [-0.25, -0.2) is 0 Å². The molecule has 26 atom stereocenters. The third-order valence-electron chi connectivity index (χ3n) is 18.5. The number of rotatable bonds is 12. The van der Waals surface area contributed by atoms with Gasteiger partial charge in [0.25, 0.3) is 0 Å². The summed E-state index contributed by atoms with van der Waals surface area (Å²) in [5.74, 6) is -0.805. The zero-order valence-electron chi connectivity index (χ0n) is 40.5. The van der Waals surface area contributed by atoms with Crippen LogP contribution in [0.25, 0.3) is 0 Å². The van der Waals surface area contributed by atoms with E-state index in [1.165, 1.54) is 6.92 Å². The highest BCUT2D eigenvalue weighted by Crippen LogP contribution is 2.76. The van der Waals surface area contributed by atoms with Crippen LogP contribution in [0.4, 0.5) is 0 Å². The largest absolute Gasteiger partial charge is 0.394 e. The van der Waals surface area contributed by atoms with Gasteiger partial charge < -0.3 is 94.8 Å². The van der Waals surface area contributed by atoms with E-state index in [9.17, 15) is 66.4 Å². The molecule has 0 unspecified atom stereocenters. The van der Waals surface area contributed by atoms with E-state index in [4.69, 9.17) is 28.4 Å². The summed E-state index contributed by atoms with van der Waals surface area (Å²) in [4.78, 5) is 0. The normalized spacial score (nSPS) is 53.4. The van der Waals surface area contributed by atoms with Crippen molar-refractivity contribution in [2.45, 2.75) is 229 Å². The molecule has 3 saturated heterocycles. The Kier molecular flexibility index (Phi) is 15.3. The Hall–Kier alpha value is -1.02. The molecule has 0 spiro atoms. The standard InChI is InChI=1S/C48H82O19/c1-21-30(52)33(55)36(58)40(63-21)62-20-26-32(54)35(57)38(60)42(65-26)67-48(9,14-10-13-43(2,3)61)22-11-15-47(8)29(22)23(50)17-28-45(6)18-24(51)39(44(4,5)27(45)12-16-46(28,47)7)66-41-37(59)34(56)31(53)25(19-49)64-41/h10,13,21-42,49-61H,11-12,14-20H2,1-9H3/t21-,22-,23+,24+,25+,26+,27-,28+,29-,30-,31+,32+,33+,34-,35-,36+,37+,38+,39-,40+,41-,42-,45-,46+,47+,48-/m0/s1. The molecule has 19 nitrogen and oxygen atoms in total. The molecule has 67 heavy (non-hydrogen) atoms. The van der Waals surface area contributed by atoms with E-state index in [-0.39, 0.29) is 35.5 Å². The van der Waals surface area contributed by atoms with Gasteiger partial charge in [0.1, 0.15) is 67.1 Å². The van der Waals surface area contributed by atoms with Crippen LogP contribution < -0.4 is 0 Å². The van der Waals surface area contributed by atoms with E-state index in [0.717, 1.165) is 12.8 Å². The van der Waals surface area contributed by atoms with Gasteiger partial charge in [-0.2, -0.15) is 0 Å². The molecule has 0 bridgehead atoms. The number of aliphatic hydroxyl groups is 13.